The number of esters is 2. The van der Waals surface area contributed by atoms with Crippen LogP contribution in [0.25, 0.3) is 0 Å². The minimum atomic E-state index is -0.305. The Morgan fingerprint density at radius 2 is 1.16 bits per heavy atom. The second-order valence-electron chi connectivity index (χ2n) is 9.80. The molecule has 0 saturated carbocycles. The van der Waals surface area contributed by atoms with E-state index in [1.807, 2.05) is 26.0 Å². The molecule has 2 aliphatic carbocycles. The zero-order chi connectivity index (χ0) is 25.9. The summed E-state index contributed by atoms with van der Waals surface area (Å²) in [6.07, 6.45) is 7.77. The molecular formula is C30H36N2O5. The average Bonchev–Trinajstić information content (AvgIpc) is 3.50. The lowest BCUT2D eigenvalue weighted by atomic mass is 9.82. The molecule has 37 heavy (non-hydrogen) atoms. The minimum absolute atomic E-state index is 0.198. The number of aromatic amines is 2. The molecule has 2 aromatic heterocycles. The summed E-state index contributed by atoms with van der Waals surface area (Å²) in [5.74, 6) is -0.0258. The molecule has 0 saturated heterocycles. The number of carbonyl (C=O) groups excluding carboxylic acids is 2. The number of hydrogen-bond donors (Lipinski definition) is 2. The van der Waals surface area contributed by atoms with Crippen LogP contribution in [0.3, 0.4) is 0 Å². The zero-order valence-corrected chi connectivity index (χ0v) is 22.0. The van der Waals surface area contributed by atoms with Crippen molar-refractivity contribution in [3.8, 4) is 5.75 Å². The summed E-state index contributed by atoms with van der Waals surface area (Å²) in [4.78, 5) is 33.0. The van der Waals surface area contributed by atoms with Crippen LogP contribution in [0.5, 0.6) is 5.75 Å². The highest BCUT2D eigenvalue weighted by atomic mass is 16.5. The molecule has 196 valence electrons. The Morgan fingerprint density at radius 3 is 1.57 bits per heavy atom. The van der Waals surface area contributed by atoms with Crippen LogP contribution in [0.2, 0.25) is 0 Å². The number of hydrogen-bond acceptors (Lipinski definition) is 5. The van der Waals surface area contributed by atoms with Crippen molar-refractivity contribution in [2.75, 3.05) is 20.3 Å². The smallest absolute Gasteiger partial charge is 0.355 e. The van der Waals surface area contributed by atoms with Gasteiger partial charge in [0.05, 0.1) is 26.2 Å². The topological polar surface area (TPSA) is 93.4 Å². The maximum atomic E-state index is 13.0. The van der Waals surface area contributed by atoms with Crippen molar-refractivity contribution in [2.24, 2.45) is 0 Å². The molecular weight excluding hydrogens is 468 g/mol. The summed E-state index contributed by atoms with van der Waals surface area (Å²) in [5, 5.41) is 0. The standard InChI is InChI=1S/C30H36N2O5/c1-4-36-29(33)27-22-12-8-6-10-20(22)25(31-27)24(18-14-16-19(35-3)17-15-18)26-21-11-7-9-13-23(21)28(32-26)30(34)37-5-2/h14-17,24,31-32H,4-13H2,1-3H3. The number of carbonyl (C=O) groups is 2. The molecule has 2 heterocycles. The number of fused-ring (bicyclic) bond motifs is 2. The Hall–Kier alpha value is -3.48. The lowest BCUT2D eigenvalue weighted by Gasteiger charge is -2.23. The molecule has 1 aromatic carbocycles. The van der Waals surface area contributed by atoms with E-state index in [4.69, 9.17) is 14.2 Å². The Kier molecular flexibility index (Phi) is 7.40. The predicted molar refractivity (Wildman–Crippen MR) is 141 cm³/mol. The first-order chi connectivity index (χ1) is 18.1. The zero-order valence-electron chi connectivity index (χ0n) is 22.0. The fourth-order valence-electron chi connectivity index (χ4n) is 6.05. The largest absolute Gasteiger partial charge is 0.497 e. The monoisotopic (exact) mass is 504 g/mol. The maximum absolute atomic E-state index is 13.0. The first-order valence-electron chi connectivity index (χ1n) is 13.5. The fraction of sp³-hybridized carbons (Fsp3) is 0.467. The highest BCUT2D eigenvalue weighted by molar-refractivity contribution is 5.91. The van der Waals surface area contributed by atoms with Crippen LogP contribution in [0, 0.1) is 0 Å². The van der Waals surface area contributed by atoms with Gasteiger partial charge < -0.3 is 24.2 Å². The van der Waals surface area contributed by atoms with Gasteiger partial charge in [-0.15, -0.1) is 0 Å². The van der Waals surface area contributed by atoms with E-state index in [-0.39, 0.29) is 17.9 Å². The van der Waals surface area contributed by atoms with Crippen molar-refractivity contribution in [3.05, 3.63) is 74.9 Å². The first-order valence-corrected chi connectivity index (χ1v) is 13.5. The van der Waals surface area contributed by atoms with E-state index in [0.29, 0.717) is 24.6 Å². The van der Waals surface area contributed by atoms with Gasteiger partial charge in [0.15, 0.2) is 0 Å². The highest BCUT2D eigenvalue weighted by Crippen LogP contribution is 2.42. The van der Waals surface area contributed by atoms with Gasteiger partial charge in [0, 0.05) is 11.4 Å². The van der Waals surface area contributed by atoms with E-state index in [9.17, 15) is 9.59 Å². The number of nitrogens with one attached hydrogen (secondary N) is 2. The summed E-state index contributed by atoms with van der Waals surface area (Å²) in [6, 6.07) is 8.07. The fourth-order valence-corrected chi connectivity index (χ4v) is 6.05. The van der Waals surface area contributed by atoms with E-state index in [0.717, 1.165) is 85.2 Å². The lowest BCUT2D eigenvalue weighted by molar-refractivity contribution is 0.0509. The van der Waals surface area contributed by atoms with Crippen molar-refractivity contribution in [1.29, 1.82) is 0 Å². The maximum Gasteiger partial charge on any atom is 0.355 e. The Morgan fingerprint density at radius 1 is 0.730 bits per heavy atom. The van der Waals surface area contributed by atoms with Gasteiger partial charge in [0.25, 0.3) is 0 Å². The van der Waals surface area contributed by atoms with Gasteiger partial charge in [-0.1, -0.05) is 12.1 Å². The molecule has 0 atom stereocenters. The van der Waals surface area contributed by atoms with Gasteiger partial charge in [0.1, 0.15) is 17.1 Å². The van der Waals surface area contributed by atoms with E-state index in [2.05, 4.69) is 22.1 Å². The van der Waals surface area contributed by atoms with Crippen LogP contribution in [-0.4, -0.2) is 42.2 Å². The number of methoxy groups -OCH3 is 1. The number of benzene rings is 1. The molecule has 5 rings (SSSR count). The summed E-state index contributed by atoms with van der Waals surface area (Å²) < 4.78 is 16.3. The van der Waals surface area contributed by atoms with Crippen LogP contribution < -0.4 is 4.74 Å². The molecule has 0 aliphatic heterocycles. The van der Waals surface area contributed by atoms with Crippen LogP contribution in [0.4, 0.5) is 0 Å². The summed E-state index contributed by atoms with van der Waals surface area (Å²) in [5.41, 5.74) is 8.76. The summed E-state index contributed by atoms with van der Waals surface area (Å²) in [6.45, 7) is 4.32. The second-order valence-corrected chi connectivity index (χ2v) is 9.80. The Bertz CT molecular complexity index is 1210. The van der Waals surface area contributed by atoms with Gasteiger partial charge in [0.2, 0.25) is 0 Å². The molecule has 0 radical (unpaired) electrons. The van der Waals surface area contributed by atoms with E-state index in [1.165, 1.54) is 11.1 Å². The molecule has 2 aliphatic rings. The molecule has 0 amide bonds. The van der Waals surface area contributed by atoms with E-state index < -0.39 is 0 Å². The third-order valence-corrected chi connectivity index (χ3v) is 7.69. The molecule has 0 fully saturated rings. The SMILES string of the molecule is CCOC(=O)c1[nH]c(C(c2ccc(OC)cc2)c2[nH]c(C(=O)OCC)c3c2CCCC3)c2c1CCCC2. The van der Waals surface area contributed by atoms with Gasteiger partial charge in [-0.3, -0.25) is 0 Å². The summed E-state index contributed by atoms with van der Waals surface area (Å²) in [7, 11) is 1.66. The van der Waals surface area contributed by atoms with Crippen LogP contribution >= 0.6 is 0 Å². The normalized spacial score (nSPS) is 14.7. The van der Waals surface area contributed by atoms with Crippen molar-refractivity contribution < 1.29 is 23.8 Å². The molecule has 7 nitrogen and oxygen atoms in total. The van der Waals surface area contributed by atoms with Crippen LogP contribution in [0.15, 0.2) is 24.3 Å². The van der Waals surface area contributed by atoms with Crippen molar-refractivity contribution in [2.45, 2.75) is 71.1 Å². The molecule has 2 N–H and O–H groups in total. The van der Waals surface area contributed by atoms with Crippen molar-refractivity contribution >= 4 is 11.9 Å². The summed E-state index contributed by atoms with van der Waals surface area (Å²) >= 11 is 0. The van der Waals surface area contributed by atoms with Gasteiger partial charge in [-0.25, -0.2) is 9.59 Å². The first kappa shape index (κ1) is 25.2. The second kappa shape index (κ2) is 10.9. The number of ether oxygens (including phenoxy) is 3. The quantitative estimate of drug-likeness (QED) is 0.387. The molecule has 0 spiro atoms. The third kappa shape index (κ3) is 4.67. The number of H-pyrrole nitrogens is 2. The van der Waals surface area contributed by atoms with E-state index in [1.54, 1.807) is 7.11 Å². The van der Waals surface area contributed by atoms with Gasteiger partial charge >= 0.3 is 11.9 Å². The average molecular weight is 505 g/mol. The number of aromatic nitrogens is 2. The highest BCUT2D eigenvalue weighted by Gasteiger charge is 2.35. The predicted octanol–water partition coefficient (Wildman–Crippen LogP) is 5.64. The van der Waals surface area contributed by atoms with Crippen molar-refractivity contribution in [1.82, 2.24) is 9.97 Å². The van der Waals surface area contributed by atoms with Gasteiger partial charge in [-0.05, 0) is 105 Å². The molecule has 0 bridgehead atoms. The Balaban J connectivity index is 1.73. The molecule has 0 unspecified atom stereocenters. The van der Waals surface area contributed by atoms with Crippen LogP contribution in [-0.2, 0) is 35.2 Å². The lowest BCUT2D eigenvalue weighted by Crippen LogP contribution is -2.12. The Labute approximate surface area is 217 Å². The molecule has 7 heteroatoms. The number of rotatable bonds is 8. The van der Waals surface area contributed by atoms with Crippen molar-refractivity contribution in [3.63, 3.8) is 0 Å². The molecule has 3 aromatic rings. The van der Waals surface area contributed by atoms with Crippen LogP contribution in [0.1, 0.15) is 106 Å². The van der Waals surface area contributed by atoms with E-state index >= 15 is 0 Å². The minimum Gasteiger partial charge on any atom is -0.497 e. The third-order valence-electron chi connectivity index (χ3n) is 7.69. The van der Waals surface area contributed by atoms with Gasteiger partial charge in [-0.2, -0.15) is 0 Å².